The molecule has 0 unspecified atom stereocenters. The summed E-state index contributed by atoms with van der Waals surface area (Å²) in [6, 6.07) is 20.9. The number of benzene rings is 3. The van der Waals surface area contributed by atoms with Crippen LogP contribution >= 0.6 is 0 Å². The predicted molar refractivity (Wildman–Crippen MR) is 158 cm³/mol. The molecule has 1 amide bonds. The van der Waals surface area contributed by atoms with Gasteiger partial charge in [-0.2, -0.15) is 0 Å². The third-order valence-electron chi connectivity index (χ3n) is 7.90. The Hall–Kier alpha value is -3.68. The largest absolute Gasteiger partial charge is 0.495 e. The van der Waals surface area contributed by atoms with E-state index in [0.717, 1.165) is 86.4 Å². The third-order valence-corrected chi connectivity index (χ3v) is 7.90. The minimum Gasteiger partial charge on any atom is -0.495 e. The number of methoxy groups -OCH3 is 1. The highest BCUT2D eigenvalue weighted by Gasteiger charge is 2.19. The van der Waals surface area contributed by atoms with Gasteiger partial charge in [-0.15, -0.1) is 0 Å². The van der Waals surface area contributed by atoms with Crippen molar-refractivity contribution < 1.29 is 13.9 Å². The van der Waals surface area contributed by atoms with E-state index < -0.39 is 0 Å². The highest BCUT2D eigenvalue weighted by Crippen LogP contribution is 2.30. The molecule has 210 valence electrons. The number of fused-ring (bicyclic) bond motifs is 1. The van der Waals surface area contributed by atoms with Crippen molar-refractivity contribution in [1.29, 1.82) is 0 Å². The van der Waals surface area contributed by atoms with Crippen LogP contribution in [-0.4, -0.2) is 60.1 Å². The van der Waals surface area contributed by atoms with Crippen molar-refractivity contribution in [2.45, 2.75) is 39.4 Å². The van der Waals surface area contributed by atoms with Crippen molar-refractivity contribution in [3.05, 3.63) is 101 Å². The summed E-state index contributed by atoms with van der Waals surface area (Å²) in [6.45, 7) is 9.35. The number of rotatable bonds is 10. The number of nitrogens with one attached hydrogen (secondary N) is 1. The Morgan fingerprint density at radius 1 is 0.925 bits per heavy atom. The Balaban J connectivity index is 1.21. The summed E-state index contributed by atoms with van der Waals surface area (Å²) in [5.41, 5.74) is 5.08. The van der Waals surface area contributed by atoms with Gasteiger partial charge in [-0.05, 0) is 74.3 Å². The van der Waals surface area contributed by atoms with Gasteiger partial charge in [-0.3, -0.25) is 9.69 Å². The van der Waals surface area contributed by atoms with Gasteiger partial charge in [0.1, 0.15) is 11.6 Å². The van der Waals surface area contributed by atoms with Crippen molar-refractivity contribution in [1.82, 2.24) is 19.7 Å². The van der Waals surface area contributed by atoms with Crippen molar-refractivity contribution in [2.24, 2.45) is 0 Å². The van der Waals surface area contributed by atoms with E-state index in [-0.39, 0.29) is 11.7 Å². The molecule has 4 aromatic rings. The zero-order chi connectivity index (χ0) is 27.9. The second-order valence-electron chi connectivity index (χ2n) is 10.7. The van der Waals surface area contributed by atoms with Gasteiger partial charge in [0.2, 0.25) is 0 Å². The lowest BCUT2D eigenvalue weighted by atomic mass is 10.1. The molecule has 0 bridgehead atoms. The normalized spacial score (nSPS) is 14.8. The number of amides is 1. The van der Waals surface area contributed by atoms with E-state index in [1.165, 1.54) is 5.56 Å². The average molecular weight is 543 g/mol. The molecule has 5 rings (SSSR count). The molecular weight excluding hydrogens is 503 g/mol. The Labute approximate surface area is 236 Å². The lowest BCUT2D eigenvalue weighted by molar-refractivity contribution is 0.0952. The molecular formula is C33H39FN4O2. The Morgan fingerprint density at radius 3 is 2.50 bits per heavy atom. The van der Waals surface area contributed by atoms with Crippen LogP contribution < -0.4 is 10.1 Å². The van der Waals surface area contributed by atoms with E-state index >= 15 is 0 Å². The van der Waals surface area contributed by atoms with Crippen LogP contribution in [0.3, 0.4) is 0 Å². The standard InChI is InChI=1S/C33H39FN4O2/c1-25-8-3-4-9-27(25)22-35-33(39)30-24-38(32-29(30)10-5-11-31(32)40-2)19-7-17-36-16-6-18-37(21-20-36)23-26-12-14-28(34)15-13-26/h3-5,8-15,24H,6-7,16-23H2,1-2H3,(H,35,39). The van der Waals surface area contributed by atoms with Gasteiger partial charge in [-0.25, -0.2) is 4.39 Å². The van der Waals surface area contributed by atoms with E-state index in [4.69, 9.17) is 4.74 Å². The molecule has 1 N–H and O–H groups in total. The van der Waals surface area contributed by atoms with Gasteiger partial charge >= 0.3 is 0 Å². The summed E-state index contributed by atoms with van der Waals surface area (Å²) < 4.78 is 21.1. The van der Waals surface area contributed by atoms with Crippen molar-refractivity contribution in [3.63, 3.8) is 0 Å². The monoisotopic (exact) mass is 542 g/mol. The molecule has 1 aliphatic rings. The molecule has 0 atom stereocenters. The summed E-state index contributed by atoms with van der Waals surface area (Å²) >= 11 is 0. The van der Waals surface area contributed by atoms with E-state index in [0.29, 0.717) is 12.1 Å². The summed E-state index contributed by atoms with van der Waals surface area (Å²) in [5.74, 6) is 0.518. The first kappa shape index (κ1) is 27.9. The second-order valence-corrected chi connectivity index (χ2v) is 10.7. The van der Waals surface area contributed by atoms with E-state index in [9.17, 15) is 9.18 Å². The summed E-state index contributed by atoms with van der Waals surface area (Å²) in [4.78, 5) is 18.3. The summed E-state index contributed by atoms with van der Waals surface area (Å²) in [6.07, 6.45) is 4.07. The number of nitrogens with zero attached hydrogens (tertiary/aromatic N) is 3. The lowest BCUT2D eigenvalue weighted by Gasteiger charge is -2.22. The number of carbonyl (C=O) groups is 1. The van der Waals surface area contributed by atoms with Crippen LogP contribution in [0.1, 0.15) is 39.9 Å². The molecule has 40 heavy (non-hydrogen) atoms. The van der Waals surface area contributed by atoms with Gasteiger partial charge in [0, 0.05) is 44.3 Å². The fourth-order valence-electron chi connectivity index (χ4n) is 5.65. The average Bonchev–Trinajstić information content (AvgIpc) is 3.20. The molecule has 1 aliphatic heterocycles. The summed E-state index contributed by atoms with van der Waals surface area (Å²) in [5, 5.41) is 4.02. The van der Waals surface area contributed by atoms with Gasteiger partial charge < -0.3 is 19.5 Å². The molecule has 2 heterocycles. The number of hydrogen-bond acceptors (Lipinski definition) is 4. The van der Waals surface area contributed by atoms with E-state index in [1.54, 1.807) is 19.2 Å². The second kappa shape index (κ2) is 13.1. The lowest BCUT2D eigenvalue weighted by Crippen LogP contribution is -2.31. The number of ether oxygens (including phenoxy) is 1. The number of carbonyl (C=O) groups excluding carboxylic acids is 1. The van der Waals surface area contributed by atoms with Gasteiger partial charge in [0.25, 0.3) is 5.91 Å². The SMILES string of the molecule is COc1cccc2c(C(=O)NCc3ccccc3C)cn(CCCN3CCCN(Cc4ccc(F)cc4)CC3)c12. The maximum atomic E-state index is 13.3. The fourth-order valence-corrected chi connectivity index (χ4v) is 5.65. The molecule has 1 saturated heterocycles. The van der Waals surface area contributed by atoms with Gasteiger partial charge in [-0.1, -0.05) is 48.5 Å². The van der Waals surface area contributed by atoms with Crippen LogP contribution in [-0.2, 0) is 19.6 Å². The Morgan fingerprint density at radius 2 is 1.70 bits per heavy atom. The van der Waals surface area contributed by atoms with Crippen molar-refractivity contribution >= 4 is 16.8 Å². The minimum atomic E-state index is -0.186. The number of aryl methyl sites for hydroxylation is 2. The Bertz CT molecular complexity index is 1430. The molecule has 1 aromatic heterocycles. The van der Waals surface area contributed by atoms with Gasteiger partial charge in [0.05, 0.1) is 18.2 Å². The number of halogens is 1. The first-order valence-corrected chi connectivity index (χ1v) is 14.2. The smallest absolute Gasteiger partial charge is 0.253 e. The van der Waals surface area contributed by atoms with Crippen LogP contribution in [0.15, 0.2) is 72.9 Å². The molecule has 0 saturated carbocycles. The highest BCUT2D eigenvalue weighted by molar-refractivity contribution is 6.08. The van der Waals surface area contributed by atoms with Crippen LogP contribution in [0.4, 0.5) is 4.39 Å². The topological polar surface area (TPSA) is 49.7 Å². The maximum absolute atomic E-state index is 13.3. The van der Waals surface area contributed by atoms with Crippen LogP contribution in [0.5, 0.6) is 5.75 Å². The van der Waals surface area contributed by atoms with Crippen LogP contribution in [0.2, 0.25) is 0 Å². The molecule has 7 heteroatoms. The summed E-state index contributed by atoms with van der Waals surface area (Å²) in [7, 11) is 1.68. The van der Waals surface area contributed by atoms with Gasteiger partial charge in [0.15, 0.2) is 0 Å². The molecule has 1 fully saturated rings. The first-order chi connectivity index (χ1) is 19.5. The molecule has 0 spiro atoms. The first-order valence-electron chi connectivity index (χ1n) is 14.2. The molecule has 0 radical (unpaired) electrons. The van der Waals surface area contributed by atoms with E-state index in [1.807, 2.05) is 54.7 Å². The Kier molecular flexibility index (Phi) is 9.14. The number of hydrogen-bond donors (Lipinski definition) is 1. The zero-order valence-corrected chi connectivity index (χ0v) is 23.5. The molecule has 6 nitrogen and oxygen atoms in total. The van der Waals surface area contributed by atoms with Crippen LogP contribution in [0.25, 0.3) is 10.9 Å². The van der Waals surface area contributed by atoms with E-state index in [2.05, 4.69) is 32.7 Å². The number of aromatic nitrogens is 1. The molecule has 3 aromatic carbocycles. The van der Waals surface area contributed by atoms with Crippen LogP contribution in [0, 0.1) is 12.7 Å². The molecule has 0 aliphatic carbocycles. The zero-order valence-electron chi connectivity index (χ0n) is 23.5. The maximum Gasteiger partial charge on any atom is 0.253 e. The highest BCUT2D eigenvalue weighted by atomic mass is 19.1. The third kappa shape index (κ3) is 6.72. The fraction of sp³-hybridized carbons (Fsp3) is 0.364. The van der Waals surface area contributed by atoms with Crippen molar-refractivity contribution in [2.75, 3.05) is 39.8 Å². The number of para-hydroxylation sites is 1. The quantitative estimate of drug-likeness (QED) is 0.282. The predicted octanol–water partition coefficient (Wildman–Crippen LogP) is 5.63. The minimum absolute atomic E-state index is 0.0750. The van der Waals surface area contributed by atoms with Crippen molar-refractivity contribution in [3.8, 4) is 5.75 Å².